The molecule has 1 unspecified atom stereocenters. The summed E-state index contributed by atoms with van der Waals surface area (Å²) in [7, 11) is 4.86. The van der Waals surface area contributed by atoms with Gasteiger partial charge in [0.25, 0.3) is 0 Å². The fraction of sp³-hybridized carbons (Fsp3) is 0.600. The molecule has 0 radical (unpaired) electrons. The summed E-state index contributed by atoms with van der Waals surface area (Å²) in [5.41, 5.74) is 2.00. The molecule has 4 rings (SSSR count). The van der Waals surface area contributed by atoms with Gasteiger partial charge in [-0.2, -0.15) is 0 Å². The van der Waals surface area contributed by atoms with Crippen LogP contribution in [-0.4, -0.2) is 88.1 Å². The van der Waals surface area contributed by atoms with Crippen molar-refractivity contribution >= 4 is 11.8 Å². The molecule has 4 atom stereocenters. The minimum atomic E-state index is -0.862. The highest BCUT2D eigenvalue weighted by Gasteiger charge is 2.37. The summed E-state index contributed by atoms with van der Waals surface area (Å²) < 4.78 is 22.1. The maximum atomic E-state index is 13.4. The predicted octanol–water partition coefficient (Wildman–Crippen LogP) is 3.86. The van der Waals surface area contributed by atoms with Crippen molar-refractivity contribution in [3.8, 4) is 11.5 Å². The number of nitrogens with one attached hydrogen (secondary N) is 2. The van der Waals surface area contributed by atoms with Crippen LogP contribution >= 0.6 is 0 Å². The van der Waals surface area contributed by atoms with E-state index in [0.29, 0.717) is 56.7 Å². The third kappa shape index (κ3) is 10.4. The largest absolute Gasteiger partial charge is 0.497 e. The normalized spacial score (nSPS) is 19.1. The van der Waals surface area contributed by atoms with Gasteiger partial charge in [-0.15, -0.1) is 0 Å². The average Bonchev–Trinajstić information content (AvgIpc) is 3.56. The SMILES string of the molecule is COCCO[C@@H](c1ccccc1)[C@@H]1CCN(C(=O)C(=O)N[C@@H](CC2CCCCC2)C(O)CNCc2cc(OC)cc(OC)c2)C1. The zero-order chi connectivity index (χ0) is 32.0. The van der Waals surface area contributed by atoms with Crippen LogP contribution in [-0.2, 0) is 25.6 Å². The molecule has 2 aromatic rings. The third-order valence-electron chi connectivity index (χ3n) is 9.03. The van der Waals surface area contributed by atoms with Crippen molar-refractivity contribution < 1.29 is 33.6 Å². The zero-order valence-electron chi connectivity index (χ0n) is 27.0. The summed E-state index contributed by atoms with van der Waals surface area (Å²) in [6.07, 6.45) is 5.98. The Kier molecular flexibility index (Phi) is 13.9. The topological polar surface area (TPSA) is 119 Å². The van der Waals surface area contributed by atoms with Crippen LogP contribution in [0.15, 0.2) is 48.5 Å². The van der Waals surface area contributed by atoms with Crippen LogP contribution in [0.2, 0.25) is 0 Å². The van der Waals surface area contributed by atoms with Gasteiger partial charge < -0.3 is 39.6 Å². The number of hydrogen-bond acceptors (Lipinski definition) is 8. The average molecular weight is 626 g/mol. The monoisotopic (exact) mass is 625 g/mol. The highest BCUT2D eigenvalue weighted by Crippen LogP contribution is 2.33. The van der Waals surface area contributed by atoms with Gasteiger partial charge in [0.05, 0.1) is 45.7 Å². The first-order valence-corrected chi connectivity index (χ1v) is 16.3. The third-order valence-corrected chi connectivity index (χ3v) is 9.03. The summed E-state index contributed by atoms with van der Waals surface area (Å²) in [4.78, 5) is 28.4. The van der Waals surface area contributed by atoms with Crippen molar-refractivity contribution in [1.29, 1.82) is 0 Å². The Morgan fingerprint density at radius 1 is 0.956 bits per heavy atom. The number of carbonyl (C=O) groups is 2. The van der Waals surface area contributed by atoms with Crippen LogP contribution in [0.3, 0.4) is 0 Å². The first-order valence-electron chi connectivity index (χ1n) is 16.3. The molecule has 0 spiro atoms. The van der Waals surface area contributed by atoms with Gasteiger partial charge >= 0.3 is 11.8 Å². The first kappa shape index (κ1) is 34.7. The van der Waals surface area contributed by atoms with E-state index in [1.807, 2.05) is 48.5 Å². The fourth-order valence-electron chi connectivity index (χ4n) is 6.57. The van der Waals surface area contributed by atoms with Crippen molar-refractivity contribution in [1.82, 2.24) is 15.5 Å². The van der Waals surface area contributed by atoms with E-state index in [-0.39, 0.29) is 18.6 Å². The molecular weight excluding hydrogens is 574 g/mol. The lowest BCUT2D eigenvalue weighted by Crippen LogP contribution is -2.52. The molecule has 1 saturated heterocycles. The van der Waals surface area contributed by atoms with Gasteiger partial charge in [0.1, 0.15) is 11.5 Å². The molecule has 45 heavy (non-hydrogen) atoms. The predicted molar refractivity (Wildman–Crippen MR) is 172 cm³/mol. The van der Waals surface area contributed by atoms with Gasteiger partial charge in [0, 0.05) is 45.3 Å². The number of likely N-dealkylation sites (tertiary alicyclic amines) is 1. The number of methoxy groups -OCH3 is 3. The molecule has 1 heterocycles. The standard InChI is InChI=1S/C35H51N3O7/c1-42-16-17-45-33(27-12-8-5-9-13-27)28-14-15-38(24-28)35(41)34(40)37-31(20-25-10-6-4-7-11-25)32(39)23-36-22-26-18-29(43-2)21-30(19-26)44-3/h5,8-9,12-13,18-19,21,25,28,31-33,36,39H,4,6-7,10-11,14-17,20,22-24H2,1-3H3,(H,37,40)/t28-,31+,32?,33+/m1/s1. The number of benzene rings is 2. The smallest absolute Gasteiger partial charge is 0.311 e. The van der Waals surface area contributed by atoms with Crippen molar-refractivity contribution in [2.45, 2.75) is 69.7 Å². The van der Waals surface area contributed by atoms with Gasteiger partial charge in [-0.25, -0.2) is 0 Å². The van der Waals surface area contributed by atoms with E-state index in [0.717, 1.165) is 43.2 Å². The zero-order valence-corrected chi connectivity index (χ0v) is 27.0. The molecular formula is C35H51N3O7. The van der Waals surface area contributed by atoms with Crippen LogP contribution in [0.5, 0.6) is 11.5 Å². The lowest BCUT2D eigenvalue weighted by molar-refractivity contribution is -0.146. The Morgan fingerprint density at radius 2 is 1.67 bits per heavy atom. The Labute approximate surface area is 267 Å². The van der Waals surface area contributed by atoms with Crippen molar-refractivity contribution in [2.75, 3.05) is 54.2 Å². The first-order chi connectivity index (χ1) is 21.9. The lowest BCUT2D eigenvalue weighted by Gasteiger charge is -2.30. The Hall–Kier alpha value is -3.18. The lowest BCUT2D eigenvalue weighted by atomic mass is 9.83. The van der Waals surface area contributed by atoms with E-state index in [9.17, 15) is 14.7 Å². The minimum Gasteiger partial charge on any atom is -0.497 e. The van der Waals surface area contributed by atoms with Crippen molar-refractivity contribution in [3.05, 3.63) is 59.7 Å². The fourth-order valence-corrected chi connectivity index (χ4v) is 6.57. The minimum absolute atomic E-state index is 0.0593. The number of carbonyl (C=O) groups excluding carboxylic acids is 2. The summed E-state index contributed by atoms with van der Waals surface area (Å²) >= 11 is 0. The molecule has 0 aromatic heterocycles. The maximum Gasteiger partial charge on any atom is 0.311 e. The van der Waals surface area contributed by atoms with Crippen LogP contribution in [0.1, 0.15) is 62.2 Å². The van der Waals surface area contributed by atoms with Gasteiger partial charge in [-0.1, -0.05) is 62.4 Å². The van der Waals surface area contributed by atoms with E-state index in [1.165, 1.54) is 6.42 Å². The van der Waals surface area contributed by atoms with E-state index in [2.05, 4.69) is 10.6 Å². The summed E-state index contributed by atoms with van der Waals surface area (Å²) in [6.45, 7) is 2.58. The highest BCUT2D eigenvalue weighted by molar-refractivity contribution is 6.35. The number of aliphatic hydroxyl groups excluding tert-OH is 1. The summed E-state index contributed by atoms with van der Waals surface area (Å²) in [6, 6.07) is 15.1. The molecule has 2 aromatic carbocycles. The summed E-state index contributed by atoms with van der Waals surface area (Å²) in [5.74, 6) is 0.623. The molecule has 248 valence electrons. The Morgan fingerprint density at radius 3 is 2.33 bits per heavy atom. The molecule has 3 N–H and O–H groups in total. The van der Waals surface area contributed by atoms with Crippen molar-refractivity contribution in [2.24, 2.45) is 11.8 Å². The van der Waals surface area contributed by atoms with Crippen LogP contribution in [0, 0.1) is 11.8 Å². The van der Waals surface area contributed by atoms with E-state index in [1.54, 1.807) is 26.2 Å². The molecule has 2 aliphatic rings. The molecule has 0 bridgehead atoms. The molecule has 10 nitrogen and oxygen atoms in total. The number of nitrogens with zero attached hydrogens (tertiary/aromatic N) is 1. The molecule has 1 aliphatic heterocycles. The van der Waals surface area contributed by atoms with Gasteiger partial charge in [0.2, 0.25) is 0 Å². The maximum absolute atomic E-state index is 13.4. The Balaban J connectivity index is 1.36. The van der Waals surface area contributed by atoms with E-state index < -0.39 is 24.0 Å². The highest BCUT2D eigenvalue weighted by atomic mass is 16.5. The molecule has 1 aliphatic carbocycles. The van der Waals surface area contributed by atoms with E-state index in [4.69, 9.17) is 18.9 Å². The van der Waals surface area contributed by atoms with Gasteiger partial charge in [-0.3, -0.25) is 9.59 Å². The second kappa shape index (κ2) is 18.1. The summed E-state index contributed by atoms with van der Waals surface area (Å²) in [5, 5.41) is 17.5. The second-order valence-electron chi connectivity index (χ2n) is 12.2. The second-order valence-corrected chi connectivity index (χ2v) is 12.2. The molecule has 1 saturated carbocycles. The number of amides is 2. The molecule has 2 amide bonds. The number of aliphatic hydroxyl groups is 1. The van der Waals surface area contributed by atoms with Crippen LogP contribution in [0.25, 0.3) is 0 Å². The number of rotatable bonds is 16. The van der Waals surface area contributed by atoms with Crippen LogP contribution in [0.4, 0.5) is 0 Å². The molecule has 10 heteroatoms. The number of ether oxygens (including phenoxy) is 4. The van der Waals surface area contributed by atoms with Crippen LogP contribution < -0.4 is 20.1 Å². The number of hydrogen-bond donors (Lipinski definition) is 3. The van der Waals surface area contributed by atoms with E-state index >= 15 is 0 Å². The van der Waals surface area contributed by atoms with Gasteiger partial charge in [0.15, 0.2) is 0 Å². The molecule has 2 fully saturated rings. The van der Waals surface area contributed by atoms with Crippen molar-refractivity contribution in [3.63, 3.8) is 0 Å². The quantitative estimate of drug-likeness (QED) is 0.190. The Bertz CT molecular complexity index is 1170. The van der Waals surface area contributed by atoms with Gasteiger partial charge in [-0.05, 0) is 42.0 Å².